The highest BCUT2D eigenvalue weighted by Gasteiger charge is 2.25. The Balaban J connectivity index is 1.37. The summed E-state index contributed by atoms with van der Waals surface area (Å²) < 4.78 is 5.43. The Hall–Kier alpha value is -3.32. The van der Waals surface area contributed by atoms with E-state index in [0.717, 1.165) is 54.1 Å². The monoisotopic (exact) mass is 431 g/mol. The Morgan fingerprint density at radius 2 is 1.94 bits per heavy atom. The lowest BCUT2D eigenvalue weighted by atomic mass is 9.92. The molecule has 0 bridgehead atoms. The minimum atomic E-state index is 0.0913. The highest BCUT2D eigenvalue weighted by molar-refractivity contribution is 5.94. The van der Waals surface area contributed by atoms with Gasteiger partial charge in [-0.05, 0) is 56.5 Å². The zero-order valence-corrected chi connectivity index (χ0v) is 18.6. The Bertz CT molecular complexity index is 1030. The van der Waals surface area contributed by atoms with Gasteiger partial charge in [-0.3, -0.25) is 14.8 Å². The molecule has 4 rings (SSSR count). The molecule has 0 saturated carbocycles. The molecule has 166 valence electrons. The van der Waals surface area contributed by atoms with Gasteiger partial charge in [-0.2, -0.15) is 0 Å². The summed E-state index contributed by atoms with van der Waals surface area (Å²) in [7, 11) is 0. The Labute approximate surface area is 188 Å². The first-order chi connectivity index (χ1) is 15.6. The number of aryl methyl sites for hydroxylation is 1. The summed E-state index contributed by atoms with van der Waals surface area (Å²) in [5.41, 5.74) is 4.79. The molecule has 3 aromatic rings. The molecular formula is C25H29N5O2. The van der Waals surface area contributed by atoms with E-state index in [4.69, 9.17) is 9.72 Å². The van der Waals surface area contributed by atoms with Crippen LogP contribution in [0.2, 0.25) is 0 Å². The third kappa shape index (κ3) is 5.48. The topological polar surface area (TPSA) is 80.2 Å². The number of carbonyl (C=O) groups is 1. The molecule has 1 N–H and O–H groups in total. The zero-order valence-electron chi connectivity index (χ0n) is 18.6. The van der Waals surface area contributed by atoms with E-state index in [1.807, 2.05) is 49.1 Å². The molecule has 0 atom stereocenters. The molecule has 2 aromatic heterocycles. The van der Waals surface area contributed by atoms with Crippen molar-refractivity contribution in [3.05, 3.63) is 77.5 Å². The van der Waals surface area contributed by atoms with Crippen molar-refractivity contribution < 1.29 is 9.53 Å². The standard InChI is InChI=1S/C25H29N5O2/c1-3-32-17-19-4-6-21(7-5-19)25(31)30-12-8-20(9-13-30)23-15-22(14-18(2)28-23)29-24-16-26-10-11-27-24/h4-7,10-11,14-16,20H,3,8-9,12-13,17H2,1-2H3,(H,27,28,29). The molecular weight excluding hydrogens is 402 g/mol. The molecule has 7 nitrogen and oxygen atoms in total. The van der Waals surface area contributed by atoms with Gasteiger partial charge in [-0.1, -0.05) is 12.1 Å². The van der Waals surface area contributed by atoms with Crippen molar-refractivity contribution >= 4 is 17.4 Å². The second-order valence-electron chi connectivity index (χ2n) is 8.04. The van der Waals surface area contributed by atoms with Gasteiger partial charge in [0.15, 0.2) is 0 Å². The number of anilines is 2. The fraction of sp³-hybridized carbons (Fsp3) is 0.360. The van der Waals surface area contributed by atoms with Crippen molar-refractivity contribution in [3.63, 3.8) is 0 Å². The summed E-state index contributed by atoms with van der Waals surface area (Å²) in [6.07, 6.45) is 6.81. The van der Waals surface area contributed by atoms with Crippen molar-refractivity contribution in [2.24, 2.45) is 0 Å². The lowest BCUT2D eigenvalue weighted by Crippen LogP contribution is -2.38. The van der Waals surface area contributed by atoms with E-state index in [1.165, 1.54) is 0 Å². The second kappa shape index (κ2) is 10.3. The smallest absolute Gasteiger partial charge is 0.253 e. The molecule has 0 aliphatic carbocycles. The lowest BCUT2D eigenvalue weighted by Gasteiger charge is -2.32. The molecule has 1 amide bonds. The predicted molar refractivity (Wildman–Crippen MR) is 124 cm³/mol. The van der Waals surface area contributed by atoms with Crippen molar-refractivity contribution in [2.75, 3.05) is 25.0 Å². The molecule has 0 unspecified atom stereocenters. The van der Waals surface area contributed by atoms with Gasteiger partial charge in [0.05, 0.1) is 12.8 Å². The maximum absolute atomic E-state index is 12.9. The van der Waals surface area contributed by atoms with Gasteiger partial charge in [0.2, 0.25) is 0 Å². The van der Waals surface area contributed by atoms with Gasteiger partial charge in [-0.15, -0.1) is 0 Å². The number of hydrogen-bond acceptors (Lipinski definition) is 6. The molecule has 0 spiro atoms. The fourth-order valence-electron chi connectivity index (χ4n) is 4.01. The van der Waals surface area contributed by atoms with E-state index in [0.29, 0.717) is 24.9 Å². The number of amides is 1. The molecule has 3 heterocycles. The van der Waals surface area contributed by atoms with Crippen LogP contribution in [0.1, 0.15) is 53.0 Å². The minimum Gasteiger partial charge on any atom is -0.377 e. The Morgan fingerprint density at radius 1 is 1.16 bits per heavy atom. The Kier molecular flexibility index (Phi) is 7.07. The number of benzene rings is 1. The average molecular weight is 432 g/mol. The maximum Gasteiger partial charge on any atom is 0.253 e. The van der Waals surface area contributed by atoms with Crippen LogP contribution in [0.5, 0.6) is 0 Å². The molecule has 1 aromatic carbocycles. The van der Waals surface area contributed by atoms with Gasteiger partial charge >= 0.3 is 0 Å². The third-order valence-electron chi connectivity index (χ3n) is 5.68. The maximum atomic E-state index is 12.9. The normalized spacial score (nSPS) is 14.4. The van der Waals surface area contributed by atoms with E-state index >= 15 is 0 Å². The molecule has 1 fully saturated rings. The Morgan fingerprint density at radius 3 is 2.62 bits per heavy atom. The van der Waals surface area contributed by atoms with Crippen LogP contribution in [-0.4, -0.2) is 45.5 Å². The fourth-order valence-corrected chi connectivity index (χ4v) is 4.01. The van der Waals surface area contributed by atoms with Crippen molar-refractivity contribution in [3.8, 4) is 0 Å². The van der Waals surface area contributed by atoms with E-state index in [2.05, 4.69) is 21.4 Å². The van der Waals surface area contributed by atoms with E-state index in [-0.39, 0.29) is 5.91 Å². The molecule has 7 heteroatoms. The summed E-state index contributed by atoms with van der Waals surface area (Å²) in [6, 6.07) is 11.8. The first kappa shape index (κ1) is 21.9. The summed E-state index contributed by atoms with van der Waals surface area (Å²) in [4.78, 5) is 28.0. The highest BCUT2D eigenvalue weighted by Crippen LogP contribution is 2.30. The van der Waals surface area contributed by atoms with E-state index in [9.17, 15) is 4.79 Å². The molecule has 0 radical (unpaired) electrons. The first-order valence-corrected chi connectivity index (χ1v) is 11.1. The number of carbonyl (C=O) groups excluding carboxylic acids is 1. The molecule has 1 saturated heterocycles. The zero-order chi connectivity index (χ0) is 22.3. The predicted octanol–water partition coefficient (Wildman–Crippen LogP) is 4.48. The van der Waals surface area contributed by atoms with Crippen molar-refractivity contribution in [2.45, 2.75) is 39.2 Å². The van der Waals surface area contributed by atoms with E-state index < -0.39 is 0 Å². The van der Waals surface area contributed by atoms with Crippen LogP contribution in [0.15, 0.2) is 55.0 Å². The minimum absolute atomic E-state index is 0.0913. The number of ether oxygens (including phenoxy) is 1. The van der Waals surface area contributed by atoms with Crippen LogP contribution in [0.4, 0.5) is 11.5 Å². The largest absolute Gasteiger partial charge is 0.377 e. The van der Waals surface area contributed by atoms with Gasteiger partial charge < -0.3 is 15.0 Å². The van der Waals surface area contributed by atoms with Gasteiger partial charge in [0, 0.05) is 60.6 Å². The number of nitrogens with zero attached hydrogens (tertiary/aromatic N) is 4. The van der Waals surface area contributed by atoms with Crippen LogP contribution in [0.3, 0.4) is 0 Å². The van der Waals surface area contributed by atoms with Crippen LogP contribution in [0.25, 0.3) is 0 Å². The van der Waals surface area contributed by atoms with Crippen LogP contribution >= 0.6 is 0 Å². The number of hydrogen-bond donors (Lipinski definition) is 1. The van der Waals surface area contributed by atoms with Crippen LogP contribution in [-0.2, 0) is 11.3 Å². The van der Waals surface area contributed by atoms with Crippen LogP contribution < -0.4 is 5.32 Å². The molecule has 32 heavy (non-hydrogen) atoms. The SMILES string of the molecule is CCOCc1ccc(C(=O)N2CCC(c3cc(Nc4cnccn4)cc(C)n3)CC2)cc1. The van der Waals surface area contributed by atoms with Gasteiger partial charge in [-0.25, -0.2) is 4.98 Å². The van der Waals surface area contributed by atoms with Gasteiger partial charge in [0.25, 0.3) is 5.91 Å². The number of likely N-dealkylation sites (tertiary alicyclic amines) is 1. The van der Waals surface area contributed by atoms with Gasteiger partial charge in [0.1, 0.15) is 5.82 Å². The quantitative estimate of drug-likeness (QED) is 0.594. The van der Waals surface area contributed by atoms with E-state index in [1.54, 1.807) is 18.6 Å². The average Bonchev–Trinajstić information content (AvgIpc) is 2.83. The van der Waals surface area contributed by atoms with Crippen LogP contribution in [0, 0.1) is 6.92 Å². The number of piperidine rings is 1. The molecule has 1 aliphatic rings. The number of nitrogens with one attached hydrogen (secondary N) is 1. The molecule has 1 aliphatic heterocycles. The first-order valence-electron chi connectivity index (χ1n) is 11.1. The highest BCUT2D eigenvalue weighted by atomic mass is 16.5. The van der Waals surface area contributed by atoms with Crippen molar-refractivity contribution in [1.82, 2.24) is 19.9 Å². The summed E-state index contributed by atoms with van der Waals surface area (Å²) >= 11 is 0. The van der Waals surface area contributed by atoms with Crippen molar-refractivity contribution in [1.29, 1.82) is 0 Å². The number of pyridine rings is 1. The summed E-state index contributed by atoms with van der Waals surface area (Å²) in [5.74, 6) is 1.13. The number of rotatable bonds is 7. The summed E-state index contributed by atoms with van der Waals surface area (Å²) in [6.45, 7) is 6.69. The second-order valence-corrected chi connectivity index (χ2v) is 8.04. The third-order valence-corrected chi connectivity index (χ3v) is 5.68. The lowest BCUT2D eigenvalue weighted by molar-refractivity contribution is 0.0712. The number of aromatic nitrogens is 3. The summed E-state index contributed by atoms with van der Waals surface area (Å²) in [5, 5.41) is 3.30.